The summed E-state index contributed by atoms with van der Waals surface area (Å²) in [7, 11) is 0. The van der Waals surface area contributed by atoms with Gasteiger partial charge in [0.2, 0.25) is 5.89 Å². The van der Waals surface area contributed by atoms with Crippen LogP contribution in [0, 0.1) is 5.41 Å². The summed E-state index contributed by atoms with van der Waals surface area (Å²) >= 11 is 0. The fourth-order valence-corrected chi connectivity index (χ4v) is 1.99. The maximum absolute atomic E-state index is 5.69. The summed E-state index contributed by atoms with van der Waals surface area (Å²) in [5.74, 6) is 2.15. The summed E-state index contributed by atoms with van der Waals surface area (Å²) in [5, 5.41) is 4.05. The van der Waals surface area contributed by atoms with Gasteiger partial charge in [-0.2, -0.15) is 4.98 Å². The molecule has 4 nitrogen and oxygen atoms in total. The number of aryl methyl sites for hydroxylation is 1. The van der Waals surface area contributed by atoms with Crippen molar-refractivity contribution in [2.75, 3.05) is 0 Å². The lowest BCUT2D eigenvalue weighted by Gasteiger charge is -2.00. The molecule has 1 aliphatic carbocycles. The minimum atomic E-state index is 0.254. The van der Waals surface area contributed by atoms with E-state index in [0.717, 1.165) is 31.0 Å². The van der Waals surface area contributed by atoms with Gasteiger partial charge < -0.3 is 10.3 Å². The normalized spacial score (nSPS) is 24.4. The van der Waals surface area contributed by atoms with Crippen LogP contribution in [0.2, 0.25) is 0 Å². The summed E-state index contributed by atoms with van der Waals surface area (Å²) in [4.78, 5) is 4.45. The molecule has 0 aliphatic heterocycles. The highest BCUT2D eigenvalue weighted by atomic mass is 16.5. The first-order chi connectivity index (χ1) is 7.49. The Morgan fingerprint density at radius 2 is 2.25 bits per heavy atom. The lowest BCUT2D eigenvalue weighted by molar-refractivity contribution is 0.366. The number of hydrogen-bond acceptors (Lipinski definition) is 4. The highest BCUT2D eigenvalue weighted by Gasteiger charge is 2.49. The van der Waals surface area contributed by atoms with Crippen LogP contribution in [0.15, 0.2) is 4.52 Å². The molecule has 2 N–H and O–H groups in total. The predicted octanol–water partition coefficient (Wildman–Crippen LogP) is 2.25. The summed E-state index contributed by atoms with van der Waals surface area (Å²) in [5.41, 5.74) is 6.06. The third-order valence-electron chi connectivity index (χ3n) is 3.36. The number of nitrogens with two attached hydrogens (primary N) is 1. The molecular weight excluding hydrogens is 202 g/mol. The fraction of sp³-hybridized carbons (Fsp3) is 0.833. The van der Waals surface area contributed by atoms with Gasteiger partial charge in [-0.15, -0.1) is 0 Å². The van der Waals surface area contributed by atoms with Crippen molar-refractivity contribution in [2.24, 2.45) is 11.1 Å². The van der Waals surface area contributed by atoms with Gasteiger partial charge in [0.05, 0.1) is 0 Å². The van der Waals surface area contributed by atoms with E-state index >= 15 is 0 Å². The topological polar surface area (TPSA) is 64.9 Å². The zero-order valence-corrected chi connectivity index (χ0v) is 10.4. The number of rotatable bonds is 5. The van der Waals surface area contributed by atoms with Crippen LogP contribution in [0.4, 0.5) is 0 Å². The van der Waals surface area contributed by atoms with E-state index in [4.69, 9.17) is 10.3 Å². The van der Waals surface area contributed by atoms with Crippen molar-refractivity contribution in [1.82, 2.24) is 10.1 Å². The van der Waals surface area contributed by atoms with Gasteiger partial charge in [0.1, 0.15) is 0 Å². The molecule has 2 unspecified atom stereocenters. The largest absolute Gasteiger partial charge is 0.339 e. The summed E-state index contributed by atoms with van der Waals surface area (Å²) in [6.07, 6.45) is 4.05. The number of hydrogen-bond donors (Lipinski definition) is 1. The predicted molar refractivity (Wildman–Crippen MR) is 62.0 cm³/mol. The Morgan fingerprint density at radius 3 is 2.81 bits per heavy atom. The highest BCUT2D eigenvalue weighted by Crippen LogP contribution is 2.57. The average Bonchev–Trinajstić information content (AvgIpc) is 2.60. The van der Waals surface area contributed by atoms with E-state index in [2.05, 4.69) is 24.0 Å². The van der Waals surface area contributed by atoms with E-state index in [1.807, 2.05) is 6.92 Å². The van der Waals surface area contributed by atoms with E-state index in [0.29, 0.717) is 11.3 Å². The van der Waals surface area contributed by atoms with Crippen molar-refractivity contribution < 1.29 is 4.52 Å². The summed E-state index contributed by atoms with van der Waals surface area (Å²) in [6, 6.07) is 0.254. The van der Waals surface area contributed by atoms with Crippen LogP contribution in [0.1, 0.15) is 57.7 Å². The zero-order valence-electron chi connectivity index (χ0n) is 10.4. The first-order valence-electron chi connectivity index (χ1n) is 6.07. The Kier molecular flexibility index (Phi) is 3.02. The molecule has 0 radical (unpaired) electrons. The van der Waals surface area contributed by atoms with Crippen molar-refractivity contribution in [2.45, 2.75) is 58.4 Å². The maximum Gasteiger partial charge on any atom is 0.226 e. The minimum absolute atomic E-state index is 0.254. The molecule has 4 heteroatoms. The average molecular weight is 223 g/mol. The van der Waals surface area contributed by atoms with E-state index in [1.54, 1.807) is 0 Å². The molecule has 0 aromatic carbocycles. The molecular formula is C12H21N3O. The molecule has 1 aliphatic rings. The zero-order chi connectivity index (χ0) is 11.8. The molecule has 2 rings (SSSR count). The van der Waals surface area contributed by atoms with Crippen molar-refractivity contribution in [1.29, 1.82) is 0 Å². The molecule has 2 atom stereocenters. The van der Waals surface area contributed by atoms with Crippen LogP contribution in [0.3, 0.4) is 0 Å². The van der Waals surface area contributed by atoms with E-state index in [9.17, 15) is 0 Å². The maximum atomic E-state index is 5.69. The van der Waals surface area contributed by atoms with Gasteiger partial charge in [-0.05, 0) is 31.6 Å². The minimum Gasteiger partial charge on any atom is -0.339 e. The quantitative estimate of drug-likeness (QED) is 0.831. The van der Waals surface area contributed by atoms with Gasteiger partial charge in [-0.3, -0.25) is 0 Å². The van der Waals surface area contributed by atoms with Crippen molar-refractivity contribution in [3.63, 3.8) is 0 Å². The van der Waals surface area contributed by atoms with Crippen LogP contribution in [-0.2, 0) is 6.42 Å². The van der Waals surface area contributed by atoms with Crippen LogP contribution in [0.25, 0.3) is 0 Å². The first-order valence-corrected chi connectivity index (χ1v) is 6.07. The molecule has 1 aromatic rings. The standard InChI is InChI=1S/C12H21N3O/c1-8(13)5-4-6-10-14-11(15-16-10)9-7-12(9,2)3/h8-9H,4-7,13H2,1-3H3. The second-order valence-electron chi connectivity index (χ2n) is 5.66. The smallest absolute Gasteiger partial charge is 0.226 e. The van der Waals surface area contributed by atoms with Crippen molar-refractivity contribution >= 4 is 0 Å². The number of aromatic nitrogens is 2. The van der Waals surface area contributed by atoms with Crippen molar-refractivity contribution in [3.05, 3.63) is 11.7 Å². The second kappa shape index (κ2) is 4.17. The Hall–Kier alpha value is -0.900. The third-order valence-corrected chi connectivity index (χ3v) is 3.36. The van der Waals surface area contributed by atoms with E-state index in [-0.39, 0.29) is 6.04 Å². The van der Waals surface area contributed by atoms with Gasteiger partial charge in [-0.1, -0.05) is 19.0 Å². The van der Waals surface area contributed by atoms with Crippen LogP contribution in [-0.4, -0.2) is 16.2 Å². The SMILES string of the molecule is CC(N)CCCc1nc(C2CC2(C)C)no1. The van der Waals surface area contributed by atoms with Gasteiger partial charge in [0.15, 0.2) is 5.82 Å². The molecule has 1 aromatic heterocycles. The van der Waals surface area contributed by atoms with Gasteiger partial charge in [0.25, 0.3) is 0 Å². The molecule has 1 heterocycles. The summed E-state index contributed by atoms with van der Waals surface area (Å²) in [6.45, 7) is 6.50. The fourth-order valence-electron chi connectivity index (χ4n) is 1.99. The van der Waals surface area contributed by atoms with Crippen molar-refractivity contribution in [3.8, 4) is 0 Å². The van der Waals surface area contributed by atoms with Gasteiger partial charge in [0, 0.05) is 18.4 Å². The molecule has 0 saturated heterocycles. The monoisotopic (exact) mass is 223 g/mol. The molecule has 1 fully saturated rings. The van der Waals surface area contributed by atoms with Gasteiger partial charge in [-0.25, -0.2) is 0 Å². The van der Waals surface area contributed by atoms with Crippen LogP contribution in [0.5, 0.6) is 0 Å². The summed E-state index contributed by atoms with van der Waals surface area (Å²) < 4.78 is 5.24. The van der Waals surface area contributed by atoms with Gasteiger partial charge >= 0.3 is 0 Å². The Bertz CT molecular complexity index is 357. The Labute approximate surface area is 96.6 Å². The Morgan fingerprint density at radius 1 is 1.56 bits per heavy atom. The Balaban J connectivity index is 1.84. The number of nitrogens with zero attached hydrogens (tertiary/aromatic N) is 2. The lowest BCUT2D eigenvalue weighted by atomic mass is 10.1. The third kappa shape index (κ3) is 2.61. The first kappa shape index (κ1) is 11.6. The van der Waals surface area contributed by atoms with E-state index in [1.165, 1.54) is 6.42 Å². The molecule has 90 valence electrons. The lowest BCUT2D eigenvalue weighted by Crippen LogP contribution is -2.14. The highest BCUT2D eigenvalue weighted by molar-refractivity contribution is 5.14. The molecule has 1 saturated carbocycles. The van der Waals surface area contributed by atoms with E-state index < -0.39 is 0 Å². The van der Waals surface area contributed by atoms with Crippen LogP contribution < -0.4 is 5.73 Å². The molecule has 16 heavy (non-hydrogen) atoms. The molecule has 0 amide bonds. The van der Waals surface area contributed by atoms with Crippen LogP contribution >= 0.6 is 0 Å². The second-order valence-corrected chi connectivity index (χ2v) is 5.66. The molecule has 0 bridgehead atoms. The molecule has 0 spiro atoms.